The average molecular weight is 508 g/mol. The fourth-order valence-electron chi connectivity index (χ4n) is 4.69. The quantitative estimate of drug-likeness (QED) is 0.584. The molecule has 11 heteroatoms. The van der Waals surface area contributed by atoms with Gasteiger partial charge in [-0.15, -0.1) is 0 Å². The van der Waals surface area contributed by atoms with Gasteiger partial charge in [0.05, 0.1) is 12.1 Å². The Morgan fingerprint density at radius 3 is 2.43 bits per heavy atom. The summed E-state index contributed by atoms with van der Waals surface area (Å²) in [6.45, 7) is 1.61. The number of fused-ring (bicyclic) bond motifs is 2. The van der Waals surface area contributed by atoms with Crippen molar-refractivity contribution in [2.24, 2.45) is 0 Å². The molecule has 192 valence electrons. The lowest BCUT2D eigenvalue weighted by Gasteiger charge is -2.35. The summed E-state index contributed by atoms with van der Waals surface area (Å²) in [5.41, 5.74) is 1.30. The Kier molecular flexibility index (Phi) is 6.28. The van der Waals surface area contributed by atoms with Gasteiger partial charge in [-0.1, -0.05) is 12.1 Å². The van der Waals surface area contributed by atoms with E-state index in [0.29, 0.717) is 42.7 Å². The summed E-state index contributed by atoms with van der Waals surface area (Å²) in [4.78, 5) is 49.1. The van der Waals surface area contributed by atoms with E-state index < -0.39 is 12.0 Å². The molecule has 37 heavy (non-hydrogen) atoms. The molecule has 4 amide bonds. The first kappa shape index (κ1) is 24.3. The third-order valence-corrected chi connectivity index (χ3v) is 6.61. The van der Waals surface area contributed by atoms with Crippen molar-refractivity contribution < 1.29 is 28.6 Å². The standard InChI is InChI=1S/C26H26FN5O5/c1-29(2)25(35)30-10-12-31(13-11-30)26(36)37-23-18-4-3-9-28-21(18)22(33)20-19(23)15-32(24(20)34)14-16-5-7-17(27)8-6-16/h3-9,33H,10-15H2,1-2H3. The number of aromatic nitrogens is 1. The fourth-order valence-corrected chi connectivity index (χ4v) is 4.69. The maximum atomic E-state index is 13.3. The smallest absolute Gasteiger partial charge is 0.415 e. The van der Waals surface area contributed by atoms with Gasteiger partial charge in [0.15, 0.2) is 5.75 Å². The number of hydrogen-bond donors (Lipinski definition) is 1. The van der Waals surface area contributed by atoms with Gasteiger partial charge < -0.3 is 29.4 Å². The number of piperazine rings is 1. The maximum Gasteiger partial charge on any atom is 0.415 e. The molecule has 5 rings (SSSR count). The van der Waals surface area contributed by atoms with Crippen LogP contribution in [0.5, 0.6) is 11.5 Å². The van der Waals surface area contributed by atoms with E-state index in [9.17, 15) is 23.9 Å². The lowest BCUT2D eigenvalue weighted by atomic mass is 10.0. The number of carbonyl (C=O) groups excluding carboxylic acids is 3. The number of phenols is 1. The summed E-state index contributed by atoms with van der Waals surface area (Å²) in [6.07, 6.45) is 0.871. The van der Waals surface area contributed by atoms with E-state index >= 15 is 0 Å². The Hall–Kier alpha value is -4.41. The number of ether oxygens (including phenoxy) is 1. The highest BCUT2D eigenvalue weighted by Gasteiger charge is 2.37. The summed E-state index contributed by atoms with van der Waals surface area (Å²) in [6, 6.07) is 9.02. The number of hydrogen-bond acceptors (Lipinski definition) is 6. The summed E-state index contributed by atoms with van der Waals surface area (Å²) in [5.74, 6) is -0.913. The highest BCUT2D eigenvalue weighted by atomic mass is 19.1. The van der Waals surface area contributed by atoms with Crippen molar-refractivity contribution in [2.75, 3.05) is 40.3 Å². The minimum atomic E-state index is -0.612. The van der Waals surface area contributed by atoms with Crippen molar-refractivity contribution in [1.82, 2.24) is 24.6 Å². The number of nitrogens with zero attached hydrogens (tertiary/aromatic N) is 5. The van der Waals surface area contributed by atoms with Gasteiger partial charge in [-0.2, -0.15) is 0 Å². The van der Waals surface area contributed by atoms with E-state index in [1.807, 2.05) is 0 Å². The van der Waals surface area contributed by atoms with Crippen LogP contribution in [0, 0.1) is 5.82 Å². The largest absolute Gasteiger partial charge is 0.505 e. The molecule has 0 aliphatic carbocycles. The molecule has 10 nitrogen and oxygen atoms in total. The molecule has 0 spiro atoms. The van der Waals surface area contributed by atoms with Crippen molar-refractivity contribution in [3.05, 3.63) is 65.1 Å². The van der Waals surface area contributed by atoms with E-state index in [1.165, 1.54) is 33.0 Å². The number of phenolic OH excluding ortho intramolecular Hbond substituents is 1. The van der Waals surface area contributed by atoms with Crippen LogP contribution in [0.4, 0.5) is 14.0 Å². The molecule has 1 N–H and O–H groups in total. The molecular formula is C26H26FN5O5. The van der Waals surface area contributed by atoms with E-state index in [4.69, 9.17) is 4.74 Å². The number of carbonyl (C=O) groups is 3. The maximum absolute atomic E-state index is 13.3. The molecule has 1 aromatic heterocycles. The first-order chi connectivity index (χ1) is 17.7. The number of pyridine rings is 1. The topological polar surface area (TPSA) is 107 Å². The number of amides is 4. The third kappa shape index (κ3) is 4.48. The van der Waals surface area contributed by atoms with Crippen LogP contribution in [0.25, 0.3) is 10.9 Å². The average Bonchev–Trinajstić information content (AvgIpc) is 3.23. The zero-order valence-corrected chi connectivity index (χ0v) is 20.5. The van der Waals surface area contributed by atoms with Crippen LogP contribution < -0.4 is 4.74 Å². The van der Waals surface area contributed by atoms with Crippen molar-refractivity contribution in [2.45, 2.75) is 13.1 Å². The van der Waals surface area contributed by atoms with Gasteiger partial charge in [0, 0.05) is 64.0 Å². The molecule has 0 unspecified atom stereocenters. The number of halogens is 1. The SMILES string of the molecule is CN(C)C(=O)N1CCN(C(=O)Oc2c3c(c(O)c4ncccc24)C(=O)N(Cc2ccc(F)cc2)C3)CC1. The molecule has 2 aromatic carbocycles. The predicted molar refractivity (Wildman–Crippen MR) is 132 cm³/mol. The molecule has 0 saturated carbocycles. The highest BCUT2D eigenvalue weighted by Crippen LogP contribution is 2.44. The number of rotatable bonds is 3. The molecule has 0 atom stereocenters. The van der Waals surface area contributed by atoms with E-state index in [0.717, 1.165) is 0 Å². The van der Waals surface area contributed by atoms with E-state index in [2.05, 4.69) is 4.98 Å². The number of aromatic hydroxyl groups is 1. The molecule has 0 bridgehead atoms. The van der Waals surface area contributed by atoms with E-state index in [1.54, 1.807) is 43.3 Å². The van der Waals surface area contributed by atoms with Gasteiger partial charge in [-0.3, -0.25) is 9.78 Å². The second-order valence-corrected chi connectivity index (χ2v) is 9.24. The molecule has 1 saturated heterocycles. The second-order valence-electron chi connectivity index (χ2n) is 9.24. The number of benzene rings is 2. The summed E-state index contributed by atoms with van der Waals surface area (Å²) < 4.78 is 19.2. The number of urea groups is 1. The Balaban J connectivity index is 1.43. The van der Waals surface area contributed by atoms with Crippen LogP contribution in [0.15, 0.2) is 42.6 Å². The first-order valence-electron chi connectivity index (χ1n) is 11.8. The van der Waals surface area contributed by atoms with Gasteiger partial charge in [0.25, 0.3) is 5.91 Å². The van der Waals surface area contributed by atoms with Crippen molar-refractivity contribution in [3.63, 3.8) is 0 Å². The summed E-state index contributed by atoms with van der Waals surface area (Å²) in [5, 5.41) is 11.3. The highest BCUT2D eigenvalue weighted by molar-refractivity contribution is 6.09. The van der Waals surface area contributed by atoms with Crippen LogP contribution in [0.1, 0.15) is 21.5 Å². The Bertz CT molecular complexity index is 1390. The molecule has 3 aromatic rings. The van der Waals surface area contributed by atoms with Crippen molar-refractivity contribution in [1.29, 1.82) is 0 Å². The van der Waals surface area contributed by atoms with Gasteiger partial charge >= 0.3 is 12.1 Å². The monoisotopic (exact) mass is 507 g/mol. The summed E-state index contributed by atoms with van der Waals surface area (Å²) >= 11 is 0. The lowest BCUT2D eigenvalue weighted by molar-refractivity contribution is 0.0764. The van der Waals surface area contributed by atoms with Gasteiger partial charge in [-0.25, -0.2) is 14.0 Å². The van der Waals surface area contributed by atoms with Crippen LogP contribution in [0.2, 0.25) is 0 Å². The molecule has 1 fully saturated rings. The van der Waals surface area contributed by atoms with Crippen LogP contribution in [0.3, 0.4) is 0 Å². The van der Waals surface area contributed by atoms with Gasteiger partial charge in [0.2, 0.25) is 0 Å². The second kappa shape index (κ2) is 9.57. The minimum Gasteiger partial charge on any atom is -0.505 e. The predicted octanol–water partition coefficient (Wildman–Crippen LogP) is 3.03. The molecule has 3 heterocycles. The van der Waals surface area contributed by atoms with Crippen LogP contribution >= 0.6 is 0 Å². The van der Waals surface area contributed by atoms with Gasteiger partial charge in [0.1, 0.15) is 17.1 Å². The minimum absolute atomic E-state index is 0.0394. The molecule has 2 aliphatic heterocycles. The summed E-state index contributed by atoms with van der Waals surface area (Å²) in [7, 11) is 3.35. The molecule has 0 radical (unpaired) electrons. The lowest BCUT2D eigenvalue weighted by Crippen LogP contribution is -2.53. The fraction of sp³-hybridized carbons (Fsp3) is 0.308. The van der Waals surface area contributed by atoms with Crippen molar-refractivity contribution in [3.8, 4) is 11.5 Å². The molecule has 2 aliphatic rings. The zero-order valence-electron chi connectivity index (χ0n) is 20.5. The molecular weight excluding hydrogens is 481 g/mol. The van der Waals surface area contributed by atoms with Crippen LogP contribution in [-0.2, 0) is 13.1 Å². The Labute approximate surface area is 212 Å². The van der Waals surface area contributed by atoms with Crippen molar-refractivity contribution >= 4 is 28.9 Å². The first-order valence-corrected chi connectivity index (χ1v) is 11.8. The zero-order chi connectivity index (χ0) is 26.3. The van der Waals surface area contributed by atoms with E-state index in [-0.39, 0.29) is 47.5 Å². The Morgan fingerprint density at radius 2 is 1.76 bits per heavy atom. The third-order valence-electron chi connectivity index (χ3n) is 6.61. The Morgan fingerprint density at radius 1 is 1.08 bits per heavy atom. The van der Waals surface area contributed by atoms with Crippen LogP contribution in [-0.4, -0.2) is 88.0 Å². The van der Waals surface area contributed by atoms with Gasteiger partial charge in [-0.05, 0) is 29.8 Å². The normalized spacial score (nSPS) is 15.2.